The first-order chi connectivity index (χ1) is 6.83. The summed E-state index contributed by atoms with van der Waals surface area (Å²) in [6.07, 6.45) is 5.54. The monoisotopic (exact) mass is 220 g/mol. The molecule has 0 aromatic carbocycles. The lowest BCUT2D eigenvalue weighted by molar-refractivity contribution is -0.0130. The van der Waals surface area contributed by atoms with E-state index in [-0.39, 0.29) is 0 Å². The zero-order chi connectivity index (χ0) is 10.2. The number of hydrogen-bond donors (Lipinski definition) is 0. The van der Waals surface area contributed by atoms with Crippen LogP contribution in [0.3, 0.4) is 0 Å². The van der Waals surface area contributed by atoms with Gasteiger partial charge in [-0.25, -0.2) is 0 Å². The van der Waals surface area contributed by atoms with E-state index in [2.05, 4.69) is 6.92 Å². The molecule has 0 atom stereocenters. The van der Waals surface area contributed by atoms with E-state index < -0.39 is 0 Å². The summed E-state index contributed by atoms with van der Waals surface area (Å²) in [5, 5.41) is 0. The second-order valence-electron chi connectivity index (χ2n) is 4.05. The van der Waals surface area contributed by atoms with Gasteiger partial charge in [0, 0.05) is 5.88 Å². The Bertz CT molecular complexity index is 133. The Balaban J connectivity index is 1.91. The molecule has 1 aliphatic carbocycles. The molecule has 0 heterocycles. The average Bonchev–Trinajstić information content (AvgIpc) is 2.21. The molecular formula is C11H21ClO2. The van der Waals surface area contributed by atoms with Crippen molar-refractivity contribution in [1.82, 2.24) is 0 Å². The lowest BCUT2D eigenvalue weighted by Gasteiger charge is -2.26. The maximum atomic E-state index is 5.71. The zero-order valence-corrected chi connectivity index (χ0v) is 9.76. The second-order valence-corrected chi connectivity index (χ2v) is 4.43. The first-order valence-corrected chi connectivity index (χ1v) is 6.11. The summed E-state index contributed by atoms with van der Waals surface area (Å²) in [4.78, 5) is 0. The highest BCUT2D eigenvalue weighted by Crippen LogP contribution is 2.25. The number of hydrogen-bond acceptors (Lipinski definition) is 2. The number of rotatable bonds is 6. The molecule has 0 saturated heterocycles. The van der Waals surface area contributed by atoms with Crippen LogP contribution in [0.25, 0.3) is 0 Å². The highest BCUT2D eigenvalue weighted by molar-refractivity contribution is 6.17. The van der Waals surface area contributed by atoms with Crippen LogP contribution < -0.4 is 0 Å². The van der Waals surface area contributed by atoms with Gasteiger partial charge < -0.3 is 9.47 Å². The molecule has 0 amide bonds. The molecule has 0 aromatic rings. The largest absolute Gasteiger partial charge is 0.378 e. The summed E-state index contributed by atoms with van der Waals surface area (Å²) in [5.41, 5.74) is 0. The fourth-order valence-electron chi connectivity index (χ4n) is 1.83. The Kier molecular flexibility index (Phi) is 6.57. The summed E-state index contributed by atoms with van der Waals surface area (Å²) in [6.45, 7) is 4.35. The normalized spacial score (nSPS) is 27.9. The molecule has 0 N–H and O–H groups in total. The Morgan fingerprint density at radius 1 is 1.07 bits per heavy atom. The van der Waals surface area contributed by atoms with Crippen molar-refractivity contribution in [2.75, 3.05) is 25.7 Å². The van der Waals surface area contributed by atoms with Crippen LogP contribution in [0.5, 0.6) is 0 Å². The standard InChI is InChI=1S/C11H21ClO2/c1-10-2-4-11(5-3-10)14-9-8-13-7-6-12/h10-11H,2-9H2,1H3. The first kappa shape index (κ1) is 12.3. The molecule has 3 heteroatoms. The van der Waals surface area contributed by atoms with Gasteiger partial charge in [-0.05, 0) is 31.6 Å². The SMILES string of the molecule is CC1CCC(OCCOCCCl)CC1. The third-order valence-electron chi connectivity index (χ3n) is 2.77. The number of alkyl halides is 1. The predicted octanol–water partition coefficient (Wildman–Crippen LogP) is 2.84. The van der Waals surface area contributed by atoms with E-state index in [1.54, 1.807) is 0 Å². The molecule has 0 aliphatic heterocycles. The zero-order valence-electron chi connectivity index (χ0n) is 9.01. The Labute approximate surface area is 91.9 Å². The fourth-order valence-corrected chi connectivity index (χ4v) is 1.94. The Morgan fingerprint density at radius 3 is 2.43 bits per heavy atom. The maximum Gasteiger partial charge on any atom is 0.0704 e. The van der Waals surface area contributed by atoms with E-state index in [0.29, 0.717) is 25.2 Å². The van der Waals surface area contributed by atoms with Gasteiger partial charge in [-0.15, -0.1) is 11.6 Å². The van der Waals surface area contributed by atoms with Gasteiger partial charge in [-0.2, -0.15) is 0 Å². The summed E-state index contributed by atoms with van der Waals surface area (Å²) < 4.78 is 10.9. The van der Waals surface area contributed by atoms with E-state index in [1.165, 1.54) is 25.7 Å². The Hall–Kier alpha value is 0.210. The van der Waals surface area contributed by atoms with Gasteiger partial charge in [-0.3, -0.25) is 0 Å². The summed E-state index contributed by atoms with van der Waals surface area (Å²) in [6, 6.07) is 0. The van der Waals surface area contributed by atoms with Crippen molar-refractivity contribution in [2.45, 2.75) is 38.7 Å². The summed E-state index contributed by atoms with van der Waals surface area (Å²) >= 11 is 5.48. The van der Waals surface area contributed by atoms with E-state index in [1.807, 2.05) is 0 Å². The quantitative estimate of drug-likeness (QED) is 0.506. The highest BCUT2D eigenvalue weighted by Gasteiger charge is 2.17. The van der Waals surface area contributed by atoms with Gasteiger partial charge in [0.25, 0.3) is 0 Å². The van der Waals surface area contributed by atoms with Gasteiger partial charge in [0.2, 0.25) is 0 Å². The van der Waals surface area contributed by atoms with Crippen LogP contribution in [-0.2, 0) is 9.47 Å². The molecular weight excluding hydrogens is 200 g/mol. The van der Waals surface area contributed by atoms with Crippen molar-refractivity contribution < 1.29 is 9.47 Å². The van der Waals surface area contributed by atoms with Crippen molar-refractivity contribution in [3.8, 4) is 0 Å². The van der Waals surface area contributed by atoms with E-state index in [9.17, 15) is 0 Å². The Morgan fingerprint density at radius 2 is 1.79 bits per heavy atom. The average molecular weight is 221 g/mol. The fraction of sp³-hybridized carbons (Fsp3) is 1.00. The predicted molar refractivity (Wildman–Crippen MR) is 58.9 cm³/mol. The molecule has 84 valence electrons. The summed E-state index contributed by atoms with van der Waals surface area (Å²) in [7, 11) is 0. The van der Waals surface area contributed by atoms with Crippen LogP contribution in [0.1, 0.15) is 32.6 Å². The van der Waals surface area contributed by atoms with E-state index in [0.717, 1.165) is 12.5 Å². The molecule has 0 spiro atoms. The minimum atomic E-state index is 0.478. The number of ether oxygens (including phenoxy) is 2. The minimum absolute atomic E-state index is 0.478. The van der Waals surface area contributed by atoms with Crippen LogP contribution in [-0.4, -0.2) is 31.8 Å². The summed E-state index contributed by atoms with van der Waals surface area (Å²) in [5.74, 6) is 1.46. The molecule has 1 fully saturated rings. The molecule has 0 radical (unpaired) electrons. The van der Waals surface area contributed by atoms with Crippen LogP contribution in [0.15, 0.2) is 0 Å². The van der Waals surface area contributed by atoms with E-state index >= 15 is 0 Å². The van der Waals surface area contributed by atoms with Crippen LogP contribution in [0.2, 0.25) is 0 Å². The topological polar surface area (TPSA) is 18.5 Å². The maximum absolute atomic E-state index is 5.71. The van der Waals surface area contributed by atoms with Crippen molar-refractivity contribution in [2.24, 2.45) is 5.92 Å². The van der Waals surface area contributed by atoms with Gasteiger partial charge in [-0.1, -0.05) is 6.92 Å². The molecule has 0 aromatic heterocycles. The molecule has 2 nitrogen and oxygen atoms in total. The lowest BCUT2D eigenvalue weighted by atomic mass is 9.89. The first-order valence-electron chi connectivity index (χ1n) is 5.58. The molecule has 1 aliphatic rings. The third-order valence-corrected chi connectivity index (χ3v) is 2.92. The van der Waals surface area contributed by atoms with Gasteiger partial charge in [0.1, 0.15) is 0 Å². The third kappa shape index (κ3) is 5.18. The smallest absolute Gasteiger partial charge is 0.0704 e. The van der Waals surface area contributed by atoms with E-state index in [4.69, 9.17) is 21.1 Å². The second kappa shape index (κ2) is 7.49. The van der Waals surface area contributed by atoms with Gasteiger partial charge in [0.15, 0.2) is 0 Å². The molecule has 1 rings (SSSR count). The van der Waals surface area contributed by atoms with Gasteiger partial charge >= 0.3 is 0 Å². The van der Waals surface area contributed by atoms with Crippen LogP contribution in [0, 0.1) is 5.92 Å². The van der Waals surface area contributed by atoms with Crippen molar-refractivity contribution in [3.05, 3.63) is 0 Å². The van der Waals surface area contributed by atoms with Gasteiger partial charge in [0.05, 0.1) is 25.9 Å². The molecule has 14 heavy (non-hydrogen) atoms. The van der Waals surface area contributed by atoms with Crippen molar-refractivity contribution >= 4 is 11.6 Å². The molecule has 0 bridgehead atoms. The van der Waals surface area contributed by atoms with Crippen LogP contribution >= 0.6 is 11.6 Å². The highest BCUT2D eigenvalue weighted by atomic mass is 35.5. The van der Waals surface area contributed by atoms with Crippen molar-refractivity contribution in [1.29, 1.82) is 0 Å². The minimum Gasteiger partial charge on any atom is -0.378 e. The molecule has 1 saturated carbocycles. The van der Waals surface area contributed by atoms with Crippen LogP contribution in [0.4, 0.5) is 0 Å². The lowest BCUT2D eigenvalue weighted by Crippen LogP contribution is -2.22. The molecule has 0 unspecified atom stereocenters. The van der Waals surface area contributed by atoms with Crippen molar-refractivity contribution in [3.63, 3.8) is 0 Å². The number of halogens is 1.